The maximum absolute atomic E-state index is 13.1. The number of benzene rings is 2. The molecular weight excluding hydrogens is 387 g/mol. The van der Waals surface area contributed by atoms with Gasteiger partial charge in [0.2, 0.25) is 10.0 Å². The Bertz CT molecular complexity index is 987. The normalized spacial score (nSPS) is 14.6. The number of hydrogen-bond donors (Lipinski definition) is 1. The minimum Gasteiger partial charge on any atom is -0.452 e. The van der Waals surface area contributed by atoms with Gasteiger partial charge in [0.15, 0.2) is 6.61 Å². The van der Waals surface area contributed by atoms with E-state index in [2.05, 4.69) is 5.32 Å². The van der Waals surface area contributed by atoms with Crippen molar-refractivity contribution in [2.45, 2.75) is 17.7 Å². The van der Waals surface area contributed by atoms with E-state index in [-0.39, 0.29) is 16.1 Å². The fourth-order valence-corrected chi connectivity index (χ4v) is 4.40. The molecule has 1 amide bonds. The highest BCUT2D eigenvalue weighted by atomic mass is 32.2. The number of nitrogens with zero attached hydrogens (tertiary/aromatic N) is 1. The summed E-state index contributed by atoms with van der Waals surface area (Å²) in [6, 6.07) is 10.8. The Morgan fingerprint density at radius 2 is 1.79 bits per heavy atom. The van der Waals surface area contributed by atoms with E-state index >= 15 is 0 Å². The topological polar surface area (TPSA) is 92.8 Å². The van der Waals surface area contributed by atoms with Crippen molar-refractivity contribution in [1.82, 2.24) is 4.31 Å². The van der Waals surface area contributed by atoms with Gasteiger partial charge in [0, 0.05) is 18.8 Å². The van der Waals surface area contributed by atoms with Crippen molar-refractivity contribution in [2.24, 2.45) is 0 Å². The van der Waals surface area contributed by atoms with Crippen molar-refractivity contribution in [3.63, 3.8) is 0 Å². The van der Waals surface area contributed by atoms with Gasteiger partial charge in [-0.15, -0.1) is 0 Å². The van der Waals surface area contributed by atoms with Crippen LogP contribution in [0.25, 0.3) is 0 Å². The van der Waals surface area contributed by atoms with Crippen LogP contribution in [-0.4, -0.2) is 44.3 Å². The number of anilines is 1. The number of esters is 1. The molecule has 7 nitrogen and oxygen atoms in total. The highest BCUT2D eigenvalue weighted by Crippen LogP contribution is 2.23. The molecule has 0 unspecified atom stereocenters. The van der Waals surface area contributed by atoms with Crippen molar-refractivity contribution < 1.29 is 27.1 Å². The summed E-state index contributed by atoms with van der Waals surface area (Å²) in [6.45, 7) is 0.377. The van der Waals surface area contributed by atoms with E-state index in [1.54, 1.807) is 0 Å². The molecule has 1 aliphatic heterocycles. The van der Waals surface area contributed by atoms with E-state index in [0.29, 0.717) is 13.1 Å². The number of rotatable bonds is 6. The Balaban J connectivity index is 1.61. The summed E-state index contributed by atoms with van der Waals surface area (Å²) in [7, 11) is -3.60. The minimum atomic E-state index is -3.60. The Hall–Kier alpha value is -2.78. The Morgan fingerprint density at radius 1 is 1.07 bits per heavy atom. The lowest BCUT2D eigenvalue weighted by Crippen LogP contribution is -2.28. The summed E-state index contributed by atoms with van der Waals surface area (Å²) in [5, 5.41) is 2.49. The number of hydrogen-bond acceptors (Lipinski definition) is 5. The van der Waals surface area contributed by atoms with Gasteiger partial charge in [-0.3, -0.25) is 4.79 Å². The van der Waals surface area contributed by atoms with Crippen LogP contribution in [0.3, 0.4) is 0 Å². The molecule has 0 bridgehead atoms. The highest BCUT2D eigenvalue weighted by molar-refractivity contribution is 7.89. The summed E-state index contributed by atoms with van der Waals surface area (Å²) < 4.78 is 44.6. The maximum atomic E-state index is 13.1. The number of carbonyl (C=O) groups is 2. The van der Waals surface area contributed by atoms with Gasteiger partial charge in [-0.1, -0.05) is 12.1 Å². The van der Waals surface area contributed by atoms with E-state index in [4.69, 9.17) is 4.74 Å². The number of carbonyl (C=O) groups excluding carboxylic acids is 2. The van der Waals surface area contributed by atoms with E-state index in [1.807, 2.05) is 0 Å². The molecular formula is C19H19FN2O5S. The summed E-state index contributed by atoms with van der Waals surface area (Å²) in [6.07, 6.45) is 1.65. The summed E-state index contributed by atoms with van der Waals surface area (Å²) in [5.41, 5.74) is 0.263. The molecule has 0 aliphatic carbocycles. The minimum absolute atomic E-state index is 0.00787. The second-order valence-corrected chi connectivity index (χ2v) is 8.21. The van der Waals surface area contributed by atoms with Crippen LogP contribution >= 0.6 is 0 Å². The van der Waals surface area contributed by atoms with Crippen molar-refractivity contribution >= 4 is 27.6 Å². The van der Waals surface area contributed by atoms with Crippen LogP contribution in [0.5, 0.6) is 0 Å². The molecule has 3 rings (SSSR count). The quantitative estimate of drug-likeness (QED) is 0.744. The highest BCUT2D eigenvalue weighted by Gasteiger charge is 2.27. The monoisotopic (exact) mass is 406 g/mol. The van der Waals surface area contributed by atoms with Gasteiger partial charge >= 0.3 is 5.97 Å². The van der Waals surface area contributed by atoms with E-state index in [0.717, 1.165) is 18.9 Å². The van der Waals surface area contributed by atoms with Gasteiger partial charge < -0.3 is 10.1 Å². The molecule has 2 aromatic carbocycles. The van der Waals surface area contributed by atoms with Crippen molar-refractivity contribution in [2.75, 3.05) is 25.0 Å². The third-order valence-electron chi connectivity index (χ3n) is 4.22. The Kier molecular flexibility index (Phi) is 6.05. The zero-order valence-corrected chi connectivity index (χ0v) is 15.7. The molecule has 9 heteroatoms. The number of halogens is 1. The fourth-order valence-electron chi connectivity index (χ4n) is 2.84. The number of amides is 1. The predicted molar refractivity (Wildman–Crippen MR) is 99.7 cm³/mol. The van der Waals surface area contributed by atoms with Crippen LogP contribution in [-0.2, 0) is 19.6 Å². The van der Waals surface area contributed by atoms with E-state index in [9.17, 15) is 22.4 Å². The largest absolute Gasteiger partial charge is 0.452 e. The zero-order valence-electron chi connectivity index (χ0n) is 14.9. The van der Waals surface area contributed by atoms with Gasteiger partial charge in [0.05, 0.1) is 10.5 Å². The molecule has 0 spiro atoms. The van der Waals surface area contributed by atoms with Gasteiger partial charge in [-0.2, -0.15) is 4.31 Å². The van der Waals surface area contributed by atoms with Crippen molar-refractivity contribution in [3.05, 3.63) is 59.9 Å². The van der Waals surface area contributed by atoms with Gasteiger partial charge in [0.25, 0.3) is 5.91 Å². The molecule has 1 aliphatic rings. The van der Waals surface area contributed by atoms with Gasteiger partial charge in [-0.25, -0.2) is 17.6 Å². The van der Waals surface area contributed by atoms with Crippen LogP contribution < -0.4 is 5.32 Å². The summed E-state index contributed by atoms with van der Waals surface area (Å²) in [4.78, 5) is 23.9. The number of nitrogens with one attached hydrogen (secondary N) is 1. The molecule has 148 valence electrons. The van der Waals surface area contributed by atoms with Gasteiger partial charge in [0.1, 0.15) is 5.82 Å². The molecule has 1 N–H and O–H groups in total. The van der Waals surface area contributed by atoms with Crippen LogP contribution in [0.1, 0.15) is 23.2 Å². The third-order valence-corrected chi connectivity index (χ3v) is 6.11. The number of sulfonamides is 1. The molecule has 0 radical (unpaired) electrons. The third kappa shape index (κ3) is 4.73. The Morgan fingerprint density at radius 3 is 2.50 bits per heavy atom. The lowest BCUT2D eigenvalue weighted by atomic mass is 10.2. The Labute approximate surface area is 162 Å². The van der Waals surface area contributed by atoms with Crippen LogP contribution in [0.4, 0.5) is 10.1 Å². The lowest BCUT2D eigenvalue weighted by Gasteiger charge is -2.16. The van der Waals surface area contributed by atoms with Crippen molar-refractivity contribution in [1.29, 1.82) is 0 Å². The smallest absolute Gasteiger partial charge is 0.338 e. The fraction of sp³-hybridized carbons (Fsp3) is 0.263. The summed E-state index contributed by atoms with van der Waals surface area (Å²) in [5.74, 6) is -2.06. The lowest BCUT2D eigenvalue weighted by molar-refractivity contribution is -0.119. The average molecular weight is 406 g/mol. The zero-order chi connectivity index (χ0) is 20.1. The molecule has 1 heterocycles. The first-order valence-corrected chi connectivity index (χ1v) is 10.1. The SMILES string of the molecule is O=C(COC(=O)c1cccc(F)c1)Nc1cccc(S(=O)(=O)N2CCCC2)c1. The van der Waals surface area contributed by atoms with Crippen molar-refractivity contribution in [3.8, 4) is 0 Å². The second-order valence-electron chi connectivity index (χ2n) is 6.27. The molecule has 1 fully saturated rings. The molecule has 2 aromatic rings. The van der Waals surface area contributed by atoms with E-state index in [1.165, 1.54) is 46.8 Å². The first kappa shape index (κ1) is 20.0. The number of ether oxygens (including phenoxy) is 1. The maximum Gasteiger partial charge on any atom is 0.338 e. The second kappa shape index (κ2) is 8.49. The molecule has 1 saturated heterocycles. The summed E-state index contributed by atoms with van der Waals surface area (Å²) >= 11 is 0. The molecule has 28 heavy (non-hydrogen) atoms. The molecule has 0 aromatic heterocycles. The van der Waals surface area contributed by atoms with Crippen LogP contribution in [0, 0.1) is 5.82 Å². The van der Waals surface area contributed by atoms with Crippen LogP contribution in [0.2, 0.25) is 0 Å². The average Bonchev–Trinajstić information content (AvgIpc) is 3.22. The standard InChI is InChI=1S/C19H19FN2O5S/c20-15-6-3-5-14(11-15)19(24)27-13-18(23)21-16-7-4-8-17(12-16)28(25,26)22-9-1-2-10-22/h3-8,11-12H,1-2,9-10,13H2,(H,21,23). The van der Waals surface area contributed by atoms with E-state index < -0.39 is 34.3 Å². The molecule has 0 atom stereocenters. The van der Waals surface area contributed by atoms with Crippen LogP contribution in [0.15, 0.2) is 53.4 Å². The van der Waals surface area contributed by atoms with Gasteiger partial charge in [-0.05, 0) is 49.2 Å². The molecule has 0 saturated carbocycles. The first-order chi connectivity index (χ1) is 13.4. The first-order valence-electron chi connectivity index (χ1n) is 8.69. The predicted octanol–water partition coefficient (Wildman–Crippen LogP) is 2.41.